The summed E-state index contributed by atoms with van der Waals surface area (Å²) in [6.07, 6.45) is -1.50. The predicted molar refractivity (Wildman–Crippen MR) is 80.2 cm³/mol. The van der Waals surface area contributed by atoms with Crippen LogP contribution in [0.4, 0.5) is 0 Å². The molecule has 0 saturated carbocycles. The first kappa shape index (κ1) is 17.6. The van der Waals surface area contributed by atoms with Crippen molar-refractivity contribution < 1.29 is 14.6 Å². The standard InChI is InChI=1S/C13H15Cl2N3O3/c1-13(2,3)21-12(20)10(17-18-16)11(19)9-7(14)5-4-6-8(9)15/h4-6,10-11,19H,1-3H3/t10-,11+/m1/s1. The monoisotopic (exact) mass is 331 g/mol. The van der Waals surface area contributed by atoms with Gasteiger partial charge in [-0.25, -0.2) is 0 Å². The summed E-state index contributed by atoms with van der Waals surface area (Å²) < 4.78 is 5.12. The number of aliphatic hydroxyl groups excluding tert-OH is 1. The fourth-order valence-corrected chi connectivity index (χ4v) is 2.23. The summed E-state index contributed by atoms with van der Waals surface area (Å²) >= 11 is 12.0. The van der Waals surface area contributed by atoms with Gasteiger partial charge in [0.1, 0.15) is 11.7 Å². The third-order valence-corrected chi connectivity index (χ3v) is 3.08. The van der Waals surface area contributed by atoms with Gasteiger partial charge in [0.15, 0.2) is 6.04 Å². The van der Waals surface area contributed by atoms with Crippen LogP contribution in [0.3, 0.4) is 0 Å². The van der Waals surface area contributed by atoms with Crippen LogP contribution >= 0.6 is 23.2 Å². The Kier molecular flexibility index (Phi) is 5.87. The molecule has 0 amide bonds. The quantitative estimate of drug-likeness (QED) is 0.390. The minimum atomic E-state index is -1.50. The fourth-order valence-electron chi connectivity index (χ4n) is 1.61. The predicted octanol–water partition coefficient (Wildman–Crippen LogP) is 4.05. The lowest BCUT2D eigenvalue weighted by atomic mass is 10.0. The summed E-state index contributed by atoms with van der Waals surface area (Å²) in [7, 11) is 0. The number of nitrogens with zero attached hydrogens (tertiary/aromatic N) is 3. The van der Waals surface area contributed by atoms with Gasteiger partial charge in [-0.15, -0.1) is 0 Å². The van der Waals surface area contributed by atoms with Crippen LogP contribution in [0.15, 0.2) is 23.3 Å². The van der Waals surface area contributed by atoms with E-state index in [1.807, 2.05) is 0 Å². The lowest BCUT2D eigenvalue weighted by molar-refractivity contribution is -0.159. The second kappa shape index (κ2) is 7.00. The summed E-state index contributed by atoms with van der Waals surface area (Å²) in [4.78, 5) is 14.6. The Morgan fingerprint density at radius 1 is 1.38 bits per heavy atom. The Balaban J connectivity index is 3.17. The van der Waals surface area contributed by atoms with Gasteiger partial charge in [0, 0.05) is 20.5 Å². The molecule has 1 N–H and O–H groups in total. The maximum Gasteiger partial charge on any atom is 0.318 e. The number of halogens is 2. The number of rotatable bonds is 4. The number of hydrogen-bond donors (Lipinski definition) is 1. The first-order valence-corrected chi connectivity index (χ1v) is 6.82. The first-order valence-electron chi connectivity index (χ1n) is 6.06. The van der Waals surface area contributed by atoms with E-state index < -0.39 is 23.7 Å². The normalized spacial score (nSPS) is 14.0. The van der Waals surface area contributed by atoms with Gasteiger partial charge in [-0.05, 0) is 38.4 Å². The smallest absolute Gasteiger partial charge is 0.318 e. The number of carbonyl (C=O) groups excluding carboxylic acids is 1. The Morgan fingerprint density at radius 3 is 2.33 bits per heavy atom. The number of azide groups is 1. The summed E-state index contributed by atoms with van der Waals surface area (Å²) in [5.74, 6) is -0.858. The van der Waals surface area contributed by atoms with E-state index in [0.717, 1.165) is 0 Å². The highest BCUT2D eigenvalue weighted by atomic mass is 35.5. The van der Waals surface area contributed by atoms with Crippen molar-refractivity contribution >= 4 is 29.2 Å². The molecule has 0 unspecified atom stereocenters. The zero-order chi connectivity index (χ0) is 16.2. The molecule has 0 saturated heterocycles. The van der Waals surface area contributed by atoms with E-state index in [4.69, 9.17) is 33.5 Å². The molecule has 1 aromatic rings. The molecule has 1 rings (SSSR count). The zero-order valence-electron chi connectivity index (χ0n) is 11.7. The van der Waals surface area contributed by atoms with E-state index in [0.29, 0.717) is 0 Å². The minimum absolute atomic E-state index is 0.115. The topological polar surface area (TPSA) is 95.3 Å². The summed E-state index contributed by atoms with van der Waals surface area (Å²) in [6.45, 7) is 4.98. The first-order chi connectivity index (χ1) is 9.67. The van der Waals surface area contributed by atoms with Crippen molar-refractivity contribution in [3.05, 3.63) is 44.3 Å². The van der Waals surface area contributed by atoms with Crippen LogP contribution in [-0.2, 0) is 9.53 Å². The van der Waals surface area contributed by atoms with Crippen LogP contribution in [0.1, 0.15) is 32.4 Å². The number of esters is 1. The van der Waals surface area contributed by atoms with E-state index in [1.165, 1.54) is 12.1 Å². The maximum absolute atomic E-state index is 12.1. The average molecular weight is 332 g/mol. The number of hydrogen-bond acceptors (Lipinski definition) is 4. The second-order valence-corrected chi connectivity index (χ2v) is 6.08. The molecular weight excluding hydrogens is 317 g/mol. The molecule has 0 aliphatic rings. The molecule has 0 fully saturated rings. The molecule has 0 bridgehead atoms. The van der Waals surface area contributed by atoms with Gasteiger partial charge in [-0.1, -0.05) is 34.4 Å². The maximum atomic E-state index is 12.1. The van der Waals surface area contributed by atoms with Gasteiger partial charge >= 0.3 is 5.97 Å². The van der Waals surface area contributed by atoms with Crippen LogP contribution in [-0.4, -0.2) is 22.7 Å². The highest BCUT2D eigenvalue weighted by Crippen LogP contribution is 2.33. The fraction of sp³-hybridized carbons (Fsp3) is 0.462. The highest BCUT2D eigenvalue weighted by molar-refractivity contribution is 6.36. The van der Waals surface area contributed by atoms with Gasteiger partial charge < -0.3 is 9.84 Å². The molecule has 0 aromatic heterocycles. The molecule has 21 heavy (non-hydrogen) atoms. The van der Waals surface area contributed by atoms with Gasteiger partial charge in [0.25, 0.3) is 0 Å². The second-order valence-electron chi connectivity index (χ2n) is 5.26. The van der Waals surface area contributed by atoms with Gasteiger partial charge in [-0.3, -0.25) is 4.79 Å². The molecule has 8 heteroatoms. The third kappa shape index (κ3) is 4.79. The largest absolute Gasteiger partial charge is 0.460 e. The lowest BCUT2D eigenvalue weighted by Gasteiger charge is -2.25. The Bertz CT molecular complexity index is 560. The summed E-state index contributed by atoms with van der Waals surface area (Å²) in [5, 5.41) is 13.9. The molecule has 0 aliphatic carbocycles. The number of aliphatic hydroxyl groups is 1. The molecule has 0 heterocycles. The van der Waals surface area contributed by atoms with Crippen molar-refractivity contribution in [2.45, 2.75) is 38.5 Å². The van der Waals surface area contributed by atoms with Crippen molar-refractivity contribution in [1.82, 2.24) is 0 Å². The van der Waals surface area contributed by atoms with E-state index in [-0.39, 0.29) is 15.6 Å². The van der Waals surface area contributed by atoms with Crippen molar-refractivity contribution in [1.29, 1.82) is 0 Å². The van der Waals surface area contributed by atoms with Gasteiger partial charge in [0.2, 0.25) is 0 Å². The number of carbonyl (C=O) groups is 1. The number of benzene rings is 1. The van der Waals surface area contributed by atoms with Crippen LogP contribution in [0.2, 0.25) is 10.0 Å². The SMILES string of the molecule is CC(C)(C)OC(=O)[C@H](N=[N+]=[N-])[C@@H](O)c1c(Cl)cccc1Cl. The van der Waals surface area contributed by atoms with Crippen LogP contribution < -0.4 is 0 Å². The van der Waals surface area contributed by atoms with E-state index in [1.54, 1.807) is 26.8 Å². The Morgan fingerprint density at radius 2 is 1.90 bits per heavy atom. The minimum Gasteiger partial charge on any atom is -0.460 e. The Labute approximate surface area is 132 Å². The van der Waals surface area contributed by atoms with Crippen LogP contribution in [0.25, 0.3) is 10.4 Å². The van der Waals surface area contributed by atoms with Crippen LogP contribution in [0, 0.1) is 0 Å². The van der Waals surface area contributed by atoms with E-state index in [9.17, 15) is 9.90 Å². The van der Waals surface area contributed by atoms with Crippen LogP contribution in [0.5, 0.6) is 0 Å². The van der Waals surface area contributed by atoms with Crippen molar-refractivity contribution in [3.63, 3.8) is 0 Å². The van der Waals surface area contributed by atoms with E-state index >= 15 is 0 Å². The van der Waals surface area contributed by atoms with Crippen molar-refractivity contribution in [3.8, 4) is 0 Å². The highest BCUT2D eigenvalue weighted by Gasteiger charge is 2.33. The van der Waals surface area contributed by atoms with Gasteiger partial charge in [-0.2, -0.15) is 0 Å². The van der Waals surface area contributed by atoms with Crippen molar-refractivity contribution in [2.75, 3.05) is 0 Å². The van der Waals surface area contributed by atoms with E-state index in [2.05, 4.69) is 10.0 Å². The molecule has 0 radical (unpaired) electrons. The Hall–Kier alpha value is -1.46. The molecule has 2 atom stereocenters. The molecule has 0 aliphatic heterocycles. The van der Waals surface area contributed by atoms with Crippen molar-refractivity contribution in [2.24, 2.45) is 5.11 Å². The summed E-state index contributed by atoms with van der Waals surface area (Å²) in [6, 6.07) is 3.13. The lowest BCUT2D eigenvalue weighted by Crippen LogP contribution is -2.34. The molecular formula is C13H15Cl2N3O3. The molecule has 1 aromatic carbocycles. The molecule has 0 spiro atoms. The van der Waals surface area contributed by atoms with Gasteiger partial charge in [0.05, 0.1) is 0 Å². The summed E-state index contributed by atoms with van der Waals surface area (Å²) in [5.41, 5.74) is 7.92. The molecule has 6 nitrogen and oxygen atoms in total. The molecule has 114 valence electrons. The third-order valence-electron chi connectivity index (χ3n) is 2.42. The number of ether oxygens (including phenoxy) is 1. The zero-order valence-corrected chi connectivity index (χ0v) is 13.3. The average Bonchev–Trinajstić information content (AvgIpc) is 2.33.